The summed E-state index contributed by atoms with van der Waals surface area (Å²) in [4.78, 5) is 12.6. The fourth-order valence-electron chi connectivity index (χ4n) is 3.87. The number of rotatable bonds is 2. The van der Waals surface area contributed by atoms with Crippen LogP contribution in [0.25, 0.3) is 5.52 Å². The molecule has 1 fully saturated rings. The van der Waals surface area contributed by atoms with Crippen LogP contribution in [-0.4, -0.2) is 27.6 Å². The number of pyridine rings is 1. The Hall–Kier alpha value is -1.88. The van der Waals surface area contributed by atoms with Crippen molar-refractivity contribution < 1.29 is 4.79 Å². The summed E-state index contributed by atoms with van der Waals surface area (Å²) in [7, 11) is 0. The van der Waals surface area contributed by atoms with E-state index in [4.69, 9.17) is 5.73 Å². The van der Waals surface area contributed by atoms with Crippen molar-refractivity contribution in [3.8, 4) is 0 Å². The SMILES string of the molecule is CC1(C)C(N)C(C)(C)C1NC(=O)c1cnn2ccccc12. The van der Waals surface area contributed by atoms with E-state index in [1.807, 2.05) is 24.4 Å². The molecule has 3 N–H and O–H groups in total. The van der Waals surface area contributed by atoms with Crippen molar-refractivity contribution in [2.24, 2.45) is 16.6 Å². The summed E-state index contributed by atoms with van der Waals surface area (Å²) >= 11 is 0. The molecule has 0 spiro atoms. The van der Waals surface area contributed by atoms with Crippen LogP contribution in [0.4, 0.5) is 0 Å². The summed E-state index contributed by atoms with van der Waals surface area (Å²) in [6.45, 7) is 8.40. The topological polar surface area (TPSA) is 72.4 Å². The van der Waals surface area contributed by atoms with Gasteiger partial charge in [0.25, 0.3) is 5.91 Å². The highest BCUT2D eigenvalue weighted by atomic mass is 16.1. The van der Waals surface area contributed by atoms with Crippen molar-refractivity contribution in [1.82, 2.24) is 14.9 Å². The molecule has 2 aromatic rings. The second kappa shape index (κ2) is 4.31. The summed E-state index contributed by atoms with van der Waals surface area (Å²) in [5.41, 5.74) is 7.44. The molecule has 0 radical (unpaired) electrons. The quantitative estimate of drug-likeness (QED) is 0.884. The third-order valence-corrected chi connectivity index (χ3v) is 5.04. The number of amides is 1. The number of fused-ring (bicyclic) bond motifs is 1. The van der Waals surface area contributed by atoms with Gasteiger partial charge in [-0.05, 0) is 12.1 Å². The Bertz CT molecular complexity index is 685. The van der Waals surface area contributed by atoms with Gasteiger partial charge in [0, 0.05) is 29.1 Å². The predicted octanol–water partition coefficient (Wildman–Crippen LogP) is 1.83. The Morgan fingerprint density at radius 1 is 1.29 bits per heavy atom. The zero-order chi connectivity index (χ0) is 15.4. The van der Waals surface area contributed by atoms with Crippen molar-refractivity contribution in [3.05, 3.63) is 36.2 Å². The minimum absolute atomic E-state index is 0.0474. The molecule has 0 saturated heterocycles. The van der Waals surface area contributed by atoms with Gasteiger partial charge in [-0.15, -0.1) is 0 Å². The summed E-state index contributed by atoms with van der Waals surface area (Å²) < 4.78 is 1.71. The van der Waals surface area contributed by atoms with E-state index >= 15 is 0 Å². The summed E-state index contributed by atoms with van der Waals surface area (Å²) in [6.07, 6.45) is 3.45. The van der Waals surface area contributed by atoms with Crippen LogP contribution >= 0.6 is 0 Å². The molecule has 0 atom stereocenters. The molecule has 0 bridgehead atoms. The van der Waals surface area contributed by atoms with Gasteiger partial charge in [-0.1, -0.05) is 33.8 Å². The maximum atomic E-state index is 12.6. The van der Waals surface area contributed by atoms with Gasteiger partial charge in [0.15, 0.2) is 0 Å². The number of aromatic nitrogens is 2. The van der Waals surface area contributed by atoms with Crippen LogP contribution in [0.1, 0.15) is 38.1 Å². The number of nitrogens with two attached hydrogens (primary N) is 1. The van der Waals surface area contributed by atoms with Crippen LogP contribution in [0.3, 0.4) is 0 Å². The molecule has 1 saturated carbocycles. The van der Waals surface area contributed by atoms with E-state index in [2.05, 4.69) is 38.1 Å². The van der Waals surface area contributed by atoms with Gasteiger partial charge in [-0.3, -0.25) is 4.79 Å². The molecule has 3 rings (SSSR count). The largest absolute Gasteiger partial charge is 0.348 e. The van der Waals surface area contributed by atoms with E-state index < -0.39 is 0 Å². The molecule has 1 aliphatic rings. The van der Waals surface area contributed by atoms with Crippen LogP contribution < -0.4 is 11.1 Å². The molecule has 1 amide bonds. The van der Waals surface area contributed by atoms with Gasteiger partial charge < -0.3 is 11.1 Å². The van der Waals surface area contributed by atoms with Crippen LogP contribution in [0.15, 0.2) is 30.6 Å². The summed E-state index contributed by atoms with van der Waals surface area (Å²) in [5.74, 6) is -0.0887. The van der Waals surface area contributed by atoms with Gasteiger partial charge in [0.1, 0.15) is 0 Å². The zero-order valence-corrected chi connectivity index (χ0v) is 12.9. The first-order valence-electron chi connectivity index (χ1n) is 7.25. The van der Waals surface area contributed by atoms with Crippen LogP contribution in [0.2, 0.25) is 0 Å². The second-order valence-electron chi connectivity index (χ2n) is 7.12. The smallest absolute Gasteiger partial charge is 0.255 e. The number of carbonyl (C=O) groups is 1. The van der Waals surface area contributed by atoms with Crippen LogP contribution in [-0.2, 0) is 0 Å². The fourth-order valence-corrected chi connectivity index (χ4v) is 3.87. The number of hydrogen-bond donors (Lipinski definition) is 2. The number of nitrogens with zero attached hydrogens (tertiary/aromatic N) is 2. The molecule has 5 nitrogen and oxygen atoms in total. The van der Waals surface area contributed by atoms with E-state index in [1.54, 1.807) is 10.7 Å². The average Bonchev–Trinajstić information content (AvgIpc) is 2.87. The molecular formula is C16H22N4O. The van der Waals surface area contributed by atoms with E-state index in [0.717, 1.165) is 5.52 Å². The summed E-state index contributed by atoms with van der Waals surface area (Å²) in [6, 6.07) is 5.80. The molecule has 21 heavy (non-hydrogen) atoms. The second-order valence-corrected chi connectivity index (χ2v) is 7.12. The monoisotopic (exact) mass is 286 g/mol. The maximum Gasteiger partial charge on any atom is 0.255 e. The van der Waals surface area contributed by atoms with Gasteiger partial charge in [0.2, 0.25) is 0 Å². The Balaban J connectivity index is 1.87. The third kappa shape index (κ3) is 1.87. The molecule has 1 aliphatic carbocycles. The molecule has 112 valence electrons. The van der Waals surface area contributed by atoms with E-state index in [0.29, 0.717) is 5.56 Å². The first kappa shape index (κ1) is 14.1. The van der Waals surface area contributed by atoms with E-state index in [1.165, 1.54) is 0 Å². The maximum absolute atomic E-state index is 12.6. The third-order valence-electron chi connectivity index (χ3n) is 5.04. The average molecular weight is 286 g/mol. The Morgan fingerprint density at radius 2 is 1.95 bits per heavy atom. The highest BCUT2D eigenvalue weighted by Gasteiger charge is 2.60. The summed E-state index contributed by atoms with van der Waals surface area (Å²) in [5, 5.41) is 7.36. The minimum Gasteiger partial charge on any atom is -0.348 e. The van der Waals surface area contributed by atoms with E-state index in [9.17, 15) is 4.79 Å². The molecular weight excluding hydrogens is 264 g/mol. The lowest BCUT2D eigenvalue weighted by Gasteiger charge is -2.62. The Kier molecular flexibility index (Phi) is 2.89. The Labute approximate surface area is 124 Å². The van der Waals surface area contributed by atoms with Gasteiger partial charge in [0.05, 0.1) is 17.3 Å². The highest BCUT2D eigenvalue weighted by molar-refractivity contribution is 6.00. The lowest BCUT2D eigenvalue weighted by molar-refractivity contribution is -0.0663. The highest BCUT2D eigenvalue weighted by Crippen LogP contribution is 2.52. The molecule has 5 heteroatoms. The van der Waals surface area contributed by atoms with Crippen molar-refractivity contribution in [2.75, 3.05) is 0 Å². The number of hydrogen-bond acceptors (Lipinski definition) is 3. The van der Waals surface area contributed by atoms with Crippen molar-refractivity contribution in [1.29, 1.82) is 0 Å². The lowest BCUT2D eigenvalue weighted by atomic mass is 9.48. The zero-order valence-electron chi connectivity index (χ0n) is 12.9. The standard InChI is InChI=1S/C16H22N4O/c1-15(2)13(17)16(3,4)14(15)19-12(21)10-9-18-20-8-6-5-7-11(10)20/h5-9,13-14H,17H2,1-4H3,(H,19,21). The predicted molar refractivity (Wildman–Crippen MR) is 82.0 cm³/mol. The van der Waals surface area contributed by atoms with Crippen molar-refractivity contribution >= 4 is 11.4 Å². The number of carbonyl (C=O) groups excluding carboxylic acids is 1. The first-order valence-corrected chi connectivity index (χ1v) is 7.25. The van der Waals surface area contributed by atoms with Crippen molar-refractivity contribution in [3.63, 3.8) is 0 Å². The minimum atomic E-state index is -0.109. The normalized spacial score (nSPS) is 26.3. The van der Waals surface area contributed by atoms with Crippen LogP contribution in [0, 0.1) is 10.8 Å². The van der Waals surface area contributed by atoms with Crippen molar-refractivity contribution in [2.45, 2.75) is 39.8 Å². The van der Waals surface area contributed by atoms with Gasteiger partial charge in [-0.25, -0.2) is 4.52 Å². The number of nitrogens with one attached hydrogen (secondary N) is 1. The van der Waals surface area contributed by atoms with Gasteiger partial charge in [-0.2, -0.15) is 5.10 Å². The molecule has 0 aromatic carbocycles. The molecule has 0 aliphatic heterocycles. The lowest BCUT2D eigenvalue weighted by Crippen LogP contribution is -2.76. The fraction of sp³-hybridized carbons (Fsp3) is 0.500. The van der Waals surface area contributed by atoms with Crippen LogP contribution in [0.5, 0.6) is 0 Å². The van der Waals surface area contributed by atoms with Gasteiger partial charge >= 0.3 is 0 Å². The molecule has 0 unspecified atom stereocenters. The first-order chi connectivity index (χ1) is 9.76. The molecule has 2 heterocycles. The Morgan fingerprint density at radius 3 is 2.62 bits per heavy atom. The molecule has 2 aromatic heterocycles. The van der Waals surface area contributed by atoms with E-state index in [-0.39, 0.29) is 28.8 Å².